The van der Waals surface area contributed by atoms with Gasteiger partial charge in [-0.2, -0.15) is 0 Å². The lowest BCUT2D eigenvalue weighted by molar-refractivity contribution is 0.0744. The number of aryl methyl sites for hydroxylation is 1. The summed E-state index contributed by atoms with van der Waals surface area (Å²) in [5.41, 5.74) is 7.73. The molecule has 2 N–H and O–H groups in total. The molecule has 0 bridgehead atoms. The van der Waals surface area contributed by atoms with Gasteiger partial charge in [-0.15, -0.1) is 0 Å². The molecule has 0 heterocycles. The molecule has 102 valence electrons. The summed E-state index contributed by atoms with van der Waals surface area (Å²) in [6, 6.07) is 5.65. The molecule has 0 aliphatic heterocycles. The number of amides is 1. The van der Waals surface area contributed by atoms with Gasteiger partial charge in [0.25, 0.3) is 5.91 Å². The van der Waals surface area contributed by atoms with E-state index in [9.17, 15) is 4.79 Å². The summed E-state index contributed by atoms with van der Waals surface area (Å²) in [5.74, 6) is 5.67. The minimum absolute atomic E-state index is 0.0536. The van der Waals surface area contributed by atoms with Gasteiger partial charge in [0.15, 0.2) is 0 Å². The summed E-state index contributed by atoms with van der Waals surface area (Å²) in [4.78, 5) is 14.0. The summed E-state index contributed by atoms with van der Waals surface area (Å²) in [6.45, 7) is 3.29. The van der Waals surface area contributed by atoms with E-state index < -0.39 is 0 Å². The monoisotopic (exact) mass is 260 g/mol. The third-order valence-electron chi connectivity index (χ3n) is 2.71. The van der Waals surface area contributed by atoms with Crippen LogP contribution in [0.2, 0.25) is 0 Å². The molecule has 4 nitrogen and oxygen atoms in total. The van der Waals surface area contributed by atoms with Gasteiger partial charge in [-0.05, 0) is 19.1 Å². The van der Waals surface area contributed by atoms with Gasteiger partial charge in [0.05, 0.1) is 18.7 Å². The highest BCUT2D eigenvalue weighted by Crippen LogP contribution is 2.13. The normalized spacial score (nSPS) is 9.68. The highest BCUT2D eigenvalue weighted by Gasteiger charge is 2.15. The van der Waals surface area contributed by atoms with Gasteiger partial charge in [0, 0.05) is 26.3 Å². The van der Waals surface area contributed by atoms with E-state index in [1.807, 2.05) is 25.1 Å². The number of hydrogen-bond donors (Lipinski definition) is 1. The van der Waals surface area contributed by atoms with Gasteiger partial charge >= 0.3 is 0 Å². The molecule has 0 spiro atoms. The quantitative estimate of drug-likeness (QED) is 0.822. The second-order valence-corrected chi connectivity index (χ2v) is 4.27. The number of nitrogens with two attached hydrogens (primary N) is 1. The van der Waals surface area contributed by atoms with Crippen LogP contribution in [0.3, 0.4) is 0 Å². The molecule has 4 heteroatoms. The molecule has 0 saturated carbocycles. The molecule has 0 atom stereocenters. The van der Waals surface area contributed by atoms with Gasteiger partial charge in [0.2, 0.25) is 0 Å². The molecule has 1 amide bonds. The molecule has 19 heavy (non-hydrogen) atoms. The van der Waals surface area contributed by atoms with Crippen molar-refractivity contribution in [2.24, 2.45) is 5.73 Å². The minimum atomic E-state index is -0.0536. The number of likely N-dealkylation sites (N-methyl/N-ethyl adjacent to an activating group) is 1. The fraction of sp³-hybridized carbons (Fsp3) is 0.400. The van der Waals surface area contributed by atoms with E-state index in [4.69, 9.17) is 10.5 Å². The maximum atomic E-state index is 12.4. The largest absolute Gasteiger partial charge is 0.383 e. The van der Waals surface area contributed by atoms with E-state index in [1.165, 1.54) is 0 Å². The van der Waals surface area contributed by atoms with Crippen LogP contribution < -0.4 is 5.73 Å². The molecule has 0 unspecified atom stereocenters. The summed E-state index contributed by atoms with van der Waals surface area (Å²) < 4.78 is 4.98. The van der Waals surface area contributed by atoms with Crippen molar-refractivity contribution in [2.75, 3.05) is 33.9 Å². The maximum Gasteiger partial charge on any atom is 0.254 e. The summed E-state index contributed by atoms with van der Waals surface area (Å²) in [7, 11) is 3.37. The second-order valence-electron chi connectivity index (χ2n) is 4.27. The van der Waals surface area contributed by atoms with Crippen LogP contribution >= 0.6 is 0 Å². The van der Waals surface area contributed by atoms with E-state index >= 15 is 0 Å². The molecule has 1 aromatic carbocycles. The first kappa shape index (κ1) is 15.2. The molecule has 0 aliphatic carbocycles. The van der Waals surface area contributed by atoms with Gasteiger partial charge in [-0.25, -0.2) is 0 Å². The fourth-order valence-electron chi connectivity index (χ4n) is 1.63. The van der Waals surface area contributed by atoms with E-state index in [0.29, 0.717) is 24.3 Å². The second kappa shape index (κ2) is 7.57. The lowest BCUT2D eigenvalue weighted by Crippen LogP contribution is -2.30. The maximum absolute atomic E-state index is 12.4. The number of carbonyl (C=O) groups is 1. The molecule has 0 aromatic heterocycles. The molecule has 1 aromatic rings. The van der Waals surface area contributed by atoms with Gasteiger partial charge in [-0.3, -0.25) is 4.79 Å². The first-order chi connectivity index (χ1) is 9.10. The zero-order valence-electron chi connectivity index (χ0n) is 11.7. The predicted molar refractivity (Wildman–Crippen MR) is 75.9 cm³/mol. The summed E-state index contributed by atoms with van der Waals surface area (Å²) in [5, 5.41) is 0. The lowest BCUT2D eigenvalue weighted by atomic mass is 10.0. The Hall–Kier alpha value is -1.83. The average molecular weight is 260 g/mol. The third-order valence-corrected chi connectivity index (χ3v) is 2.71. The lowest BCUT2D eigenvalue weighted by Gasteiger charge is -2.17. The van der Waals surface area contributed by atoms with Gasteiger partial charge in [-0.1, -0.05) is 23.5 Å². The number of rotatable bonds is 4. The van der Waals surface area contributed by atoms with Crippen LogP contribution in [-0.2, 0) is 4.74 Å². The van der Waals surface area contributed by atoms with Crippen molar-refractivity contribution in [3.05, 3.63) is 34.9 Å². The molecule has 0 radical (unpaired) electrons. The van der Waals surface area contributed by atoms with Crippen molar-refractivity contribution in [3.8, 4) is 11.8 Å². The number of carbonyl (C=O) groups excluding carboxylic acids is 1. The Kier molecular flexibility index (Phi) is 6.07. The zero-order valence-corrected chi connectivity index (χ0v) is 11.7. The summed E-state index contributed by atoms with van der Waals surface area (Å²) in [6.07, 6.45) is 0. The molecular weight excluding hydrogens is 240 g/mol. The van der Waals surface area contributed by atoms with E-state index in [1.54, 1.807) is 19.1 Å². The topological polar surface area (TPSA) is 55.6 Å². The highest BCUT2D eigenvalue weighted by molar-refractivity contribution is 5.96. The summed E-state index contributed by atoms with van der Waals surface area (Å²) >= 11 is 0. The van der Waals surface area contributed by atoms with Gasteiger partial charge < -0.3 is 15.4 Å². The Bertz CT molecular complexity index is 501. The smallest absolute Gasteiger partial charge is 0.254 e. The highest BCUT2D eigenvalue weighted by atomic mass is 16.5. The van der Waals surface area contributed by atoms with Crippen molar-refractivity contribution in [1.82, 2.24) is 4.90 Å². The number of nitrogens with zero attached hydrogens (tertiary/aromatic N) is 1. The average Bonchev–Trinajstić information content (AvgIpc) is 2.42. The minimum Gasteiger partial charge on any atom is -0.383 e. The van der Waals surface area contributed by atoms with E-state index in [-0.39, 0.29) is 12.5 Å². The van der Waals surface area contributed by atoms with Crippen LogP contribution in [0, 0.1) is 18.8 Å². The van der Waals surface area contributed by atoms with Crippen molar-refractivity contribution in [1.29, 1.82) is 0 Å². The third kappa shape index (κ3) is 4.40. The standard InChI is InChI=1S/C15H20N2O2/c1-12-6-7-13(5-4-8-16)14(11-12)15(18)17(2)9-10-19-3/h6-7,11H,8-10,16H2,1-3H3. The number of benzene rings is 1. The molecule has 0 fully saturated rings. The Morgan fingerprint density at radius 2 is 2.21 bits per heavy atom. The Labute approximate surface area is 114 Å². The van der Waals surface area contributed by atoms with Gasteiger partial charge in [0.1, 0.15) is 0 Å². The van der Waals surface area contributed by atoms with Crippen molar-refractivity contribution in [3.63, 3.8) is 0 Å². The first-order valence-corrected chi connectivity index (χ1v) is 6.14. The Balaban J connectivity index is 3.03. The fourth-order valence-corrected chi connectivity index (χ4v) is 1.63. The number of hydrogen-bond acceptors (Lipinski definition) is 3. The predicted octanol–water partition coefficient (Wildman–Crippen LogP) is 1.02. The zero-order chi connectivity index (χ0) is 14.3. The Morgan fingerprint density at radius 3 is 2.84 bits per heavy atom. The SMILES string of the molecule is COCCN(C)C(=O)c1cc(C)ccc1C#CCN. The van der Waals surface area contributed by atoms with Crippen LogP contribution in [-0.4, -0.2) is 44.7 Å². The molecule has 0 saturated heterocycles. The van der Waals surface area contributed by atoms with Crippen LogP contribution in [0.1, 0.15) is 21.5 Å². The Morgan fingerprint density at radius 1 is 1.47 bits per heavy atom. The number of ether oxygens (including phenoxy) is 1. The van der Waals surface area contributed by atoms with Crippen LogP contribution in [0.4, 0.5) is 0 Å². The molecular formula is C15H20N2O2. The van der Waals surface area contributed by atoms with Crippen LogP contribution in [0.15, 0.2) is 18.2 Å². The number of methoxy groups -OCH3 is 1. The van der Waals surface area contributed by atoms with Crippen LogP contribution in [0.5, 0.6) is 0 Å². The van der Waals surface area contributed by atoms with E-state index in [0.717, 1.165) is 5.56 Å². The molecule has 0 aliphatic rings. The van der Waals surface area contributed by atoms with Crippen molar-refractivity contribution in [2.45, 2.75) is 6.92 Å². The molecule has 1 rings (SSSR count). The van der Waals surface area contributed by atoms with Crippen molar-refractivity contribution < 1.29 is 9.53 Å². The first-order valence-electron chi connectivity index (χ1n) is 6.14. The van der Waals surface area contributed by atoms with E-state index in [2.05, 4.69) is 11.8 Å². The van der Waals surface area contributed by atoms with Crippen LogP contribution in [0.25, 0.3) is 0 Å². The van der Waals surface area contributed by atoms with Crippen molar-refractivity contribution >= 4 is 5.91 Å².